The minimum Gasteiger partial charge on any atom is -0.497 e. The van der Waals surface area contributed by atoms with E-state index < -0.39 is 0 Å². The van der Waals surface area contributed by atoms with E-state index in [1.165, 1.54) is 12.1 Å². The Morgan fingerprint density at radius 2 is 1.63 bits per heavy atom. The van der Waals surface area contributed by atoms with Crippen molar-refractivity contribution in [1.82, 2.24) is 5.32 Å². The highest BCUT2D eigenvalue weighted by Crippen LogP contribution is 2.14. The van der Waals surface area contributed by atoms with Crippen molar-refractivity contribution in [2.45, 2.75) is 6.42 Å². The quantitative estimate of drug-likeness (QED) is 0.603. The van der Waals surface area contributed by atoms with Crippen LogP contribution in [0, 0.1) is 5.82 Å². The molecule has 2 aromatic rings. The molecule has 0 aromatic heterocycles. The van der Waals surface area contributed by atoms with Crippen LogP contribution in [0.15, 0.2) is 48.5 Å². The minimum absolute atomic E-state index is 0.133. The normalized spacial score (nSPS) is 11.5. The van der Waals surface area contributed by atoms with Gasteiger partial charge in [-0.25, -0.2) is 4.39 Å². The molecule has 6 nitrogen and oxygen atoms in total. The Bertz CT molecular complexity index is 748. The van der Waals surface area contributed by atoms with Crippen LogP contribution in [0.2, 0.25) is 0 Å². The highest BCUT2D eigenvalue weighted by molar-refractivity contribution is 5.91. The van der Waals surface area contributed by atoms with E-state index in [2.05, 4.69) is 10.6 Å². The Hall–Kier alpha value is -2.93. The summed E-state index contributed by atoms with van der Waals surface area (Å²) in [6, 6.07) is 13.2. The van der Waals surface area contributed by atoms with Crippen LogP contribution >= 0.6 is 0 Å². The van der Waals surface area contributed by atoms with Crippen LogP contribution < -0.4 is 20.3 Å². The van der Waals surface area contributed by atoms with Gasteiger partial charge in [0.15, 0.2) is 13.1 Å². The summed E-state index contributed by atoms with van der Waals surface area (Å²) in [6.45, 7) is 0.840. The largest absolute Gasteiger partial charge is 0.497 e. The molecule has 0 aliphatic carbocycles. The number of hydrogen-bond donors (Lipinski definition) is 3. The summed E-state index contributed by atoms with van der Waals surface area (Å²) < 4.78 is 17.9. The summed E-state index contributed by atoms with van der Waals surface area (Å²) in [6.07, 6.45) is 0.628. The van der Waals surface area contributed by atoms with Gasteiger partial charge >= 0.3 is 0 Å². The van der Waals surface area contributed by atoms with Gasteiger partial charge < -0.3 is 20.3 Å². The van der Waals surface area contributed by atoms with Crippen molar-refractivity contribution in [1.29, 1.82) is 0 Å². The van der Waals surface area contributed by atoms with Gasteiger partial charge in [0.2, 0.25) is 0 Å². The number of ether oxygens (including phenoxy) is 1. The highest BCUT2D eigenvalue weighted by atomic mass is 19.1. The molecule has 3 N–H and O–H groups in total. The van der Waals surface area contributed by atoms with Crippen molar-refractivity contribution >= 4 is 17.5 Å². The van der Waals surface area contributed by atoms with E-state index >= 15 is 0 Å². The third-order valence-corrected chi connectivity index (χ3v) is 3.95. The predicted molar refractivity (Wildman–Crippen MR) is 101 cm³/mol. The number of quaternary nitrogens is 1. The summed E-state index contributed by atoms with van der Waals surface area (Å²) >= 11 is 0. The van der Waals surface area contributed by atoms with Crippen LogP contribution in [0.3, 0.4) is 0 Å². The molecule has 1 atom stereocenters. The molecule has 2 amide bonds. The molecule has 7 heteroatoms. The third kappa shape index (κ3) is 7.45. The number of benzene rings is 2. The number of amides is 2. The number of methoxy groups -OCH3 is 1. The number of rotatable bonds is 9. The average molecular weight is 374 g/mol. The minimum atomic E-state index is -0.277. The molecule has 0 radical (unpaired) electrons. The fourth-order valence-electron chi connectivity index (χ4n) is 2.55. The van der Waals surface area contributed by atoms with E-state index in [4.69, 9.17) is 4.74 Å². The first kappa shape index (κ1) is 20.4. The fourth-order valence-corrected chi connectivity index (χ4v) is 2.55. The number of carbonyl (C=O) groups is 2. The zero-order valence-electron chi connectivity index (χ0n) is 15.5. The number of carbonyl (C=O) groups excluding carboxylic acids is 2. The second-order valence-corrected chi connectivity index (χ2v) is 6.31. The lowest BCUT2D eigenvalue weighted by molar-refractivity contribution is -0.862. The number of halogens is 1. The van der Waals surface area contributed by atoms with Crippen molar-refractivity contribution < 1.29 is 23.6 Å². The third-order valence-electron chi connectivity index (χ3n) is 3.95. The van der Waals surface area contributed by atoms with E-state index in [1.54, 1.807) is 50.6 Å². The van der Waals surface area contributed by atoms with Crippen LogP contribution in [0.5, 0.6) is 5.75 Å². The molecular weight excluding hydrogens is 349 g/mol. The van der Waals surface area contributed by atoms with Gasteiger partial charge in [-0.15, -0.1) is 0 Å². The first-order chi connectivity index (χ1) is 13.0. The summed E-state index contributed by atoms with van der Waals surface area (Å²) in [5, 5.41) is 5.60. The van der Waals surface area contributed by atoms with Crippen LogP contribution in [0.4, 0.5) is 10.1 Å². The highest BCUT2D eigenvalue weighted by Gasteiger charge is 2.14. The number of nitrogens with one attached hydrogen (secondary N) is 3. The Labute approximate surface area is 158 Å². The molecule has 2 rings (SSSR count). The smallest absolute Gasteiger partial charge is 0.279 e. The van der Waals surface area contributed by atoms with E-state index in [-0.39, 0.29) is 30.7 Å². The van der Waals surface area contributed by atoms with Gasteiger partial charge in [0, 0.05) is 12.2 Å². The molecule has 0 aliphatic heterocycles. The number of likely N-dealkylation sites (N-methyl/N-ethyl adjacent to an activating group) is 1. The van der Waals surface area contributed by atoms with Gasteiger partial charge in [-0.2, -0.15) is 0 Å². The van der Waals surface area contributed by atoms with Crippen LogP contribution in [0.1, 0.15) is 5.56 Å². The predicted octanol–water partition coefficient (Wildman–Crippen LogP) is 0.646. The zero-order valence-corrected chi connectivity index (χ0v) is 15.5. The Morgan fingerprint density at radius 3 is 2.26 bits per heavy atom. The van der Waals surface area contributed by atoms with Crippen LogP contribution in [-0.4, -0.2) is 45.6 Å². The van der Waals surface area contributed by atoms with E-state index in [0.29, 0.717) is 24.4 Å². The van der Waals surface area contributed by atoms with Gasteiger partial charge in [-0.1, -0.05) is 12.1 Å². The maximum Gasteiger partial charge on any atom is 0.279 e. The average Bonchev–Trinajstić information content (AvgIpc) is 2.63. The Balaban J connectivity index is 1.67. The molecular formula is C20H25FN3O3+. The van der Waals surface area contributed by atoms with E-state index in [0.717, 1.165) is 10.5 Å². The maximum atomic E-state index is 12.8. The van der Waals surface area contributed by atoms with Gasteiger partial charge in [0.1, 0.15) is 11.6 Å². The van der Waals surface area contributed by atoms with E-state index in [1.807, 2.05) is 0 Å². The summed E-state index contributed by atoms with van der Waals surface area (Å²) in [5.74, 6) is 0.137. The van der Waals surface area contributed by atoms with Gasteiger partial charge in [0.05, 0.1) is 14.2 Å². The van der Waals surface area contributed by atoms with Crippen molar-refractivity contribution in [2.75, 3.05) is 39.1 Å². The molecule has 0 heterocycles. The molecule has 0 saturated carbocycles. The zero-order chi connectivity index (χ0) is 19.6. The van der Waals surface area contributed by atoms with Crippen molar-refractivity contribution in [2.24, 2.45) is 0 Å². The molecule has 0 aliphatic rings. The lowest BCUT2D eigenvalue weighted by Crippen LogP contribution is -3.11. The van der Waals surface area contributed by atoms with Crippen LogP contribution in [0.25, 0.3) is 0 Å². The molecule has 2 aromatic carbocycles. The van der Waals surface area contributed by atoms with Crippen LogP contribution in [-0.2, 0) is 16.0 Å². The monoisotopic (exact) mass is 374 g/mol. The second kappa shape index (κ2) is 10.3. The molecule has 1 unspecified atom stereocenters. The van der Waals surface area contributed by atoms with Gasteiger partial charge in [0.25, 0.3) is 11.8 Å². The van der Waals surface area contributed by atoms with Gasteiger partial charge in [-0.3, -0.25) is 9.59 Å². The first-order valence-electron chi connectivity index (χ1n) is 8.72. The maximum absolute atomic E-state index is 12.8. The number of hydrogen-bond acceptors (Lipinski definition) is 3. The summed E-state index contributed by atoms with van der Waals surface area (Å²) in [7, 11) is 3.36. The van der Waals surface area contributed by atoms with E-state index in [9.17, 15) is 14.0 Å². The number of anilines is 1. The fraction of sp³-hybridized carbons (Fsp3) is 0.300. The van der Waals surface area contributed by atoms with Crippen molar-refractivity contribution in [3.8, 4) is 5.75 Å². The first-order valence-corrected chi connectivity index (χ1v) is 8.72. The Morgan fingerprint density at radius 1 is 1.00 bits per heavy atom. The Kier molecular flexibility index (Phi) is 7.76. The molecule has 0 saturated heterocycles. The molecule has 144 valence electrons. The molecule has 0 spiro atoms. The second-order valence-electron chi connectivity index (χ2n) is 6.31. The topological polar surface area (TPSA) is 71.9 Å². The SMILES string of the molecule is COc1ccc(NC(=O)C[NH+](C)CC(=O)NCCc2ccc(F)cc2)cc1. The van der Waals surface area contributed by atoms with Gasteiger partial charge in [-0.05, 0) is 48.4 Å². The van der Waals surface area contributed by atoms with Crippen molar-refractivity contribution in [3.63, 3.8) is 0 Å². The van der Waals surface area contributed by atoms with Crippen molar-refractivity contribution in [3.05, 3.63) is 59.9 Å². The lowest BCUT2D eigenvalue weighted by Gasteiger charge is -2.14. The molecule has 27 heavy (non-hydrogen) atoms. The summed E-state index contributed by atoms with van der Waals surface area (Å²) in [5.41, 5.74) is 1.63. The molecule has 0 bridgehead atoms. The standard InChI is InChI=1S/C20H24FN3O3/c1-24(14-20(26)23-17-7-9-18(27-2)10-8-17)13-19(25)22-12-11-15-3-5-16(21)6-4-15/h3-10H,11-14H2,1-2H3,(H,22,25)(H,23,26)/p+1. The molecule has 0 fully saturated rings. The lowest BCUT2D eigenvalue weighted by atomic mass is 10.1. The summed E-state index contributed by atoms with van der Waals surface area (Å²) in [4.78, 5) is 24.8.